The fraction of sp³-hybridized carbons (Fsp3) is 0.292. The molecular formula is C24H29N3O4S. The van der Waals surface area contributed by atoms with E-state index in [0.29, 0.717) is 5.69 Å². The Morgan fingerprint density at radius 3 is 2.66 bits per heavy atom. The molecule has 2 aromatic rings. The summed E-state index contributed by atoms with van der Waals surface area (Å²) in [6.07, 6.45) is 3.55. The maximum absolute atomic E-state index is 13.0. The highest BCUT2D eigenvalue weighted by Crippen LogP contribution is 2.29. The summed E-state index contributed by atoms with van der Waals surface area (Å²) in [5.74, 6) is 0.157. The van der Waals surface area contributed by atoms with E-state index in [1.54, 1.807) is 6.08 Å². The molecule has 0 radical (unpaired) electrons. The van der Waals surface area contributed by atoms with Crippen molar-refractivity contribution >= 4 is 21.6 Å². The number of sulfone groups is 1. The van der Waals surface area contributed by atoms with Crippen LogP contribution in [0.3, 0.4) is 0 Å². The van der Waals surface area contributed by atoms with E-state index in [1.807, 2.05) is 38.1 Å². The molecule has 32 heavy (non-hydrogen) atoms. The van der Waals surface area contributed by atoms with Gasteiger partial charge in [0.15, 0.2) is 9.84 Å². The molecule has 7 nitrogen and oxygen atoms in total. The van der Waals surface area contributed by atoms with Crippen molar-refractivity contribution < 1.29 is 17.9 Å². The second-order valence-corrected chi connectivity index (χ2v) is 9.63. The SMILES string of the molecule is C=C/C(=C\C)C(C)NC(=O)Nc1ccc(S(=O)(=O)Cc2ccc3c(c2)CNC3)cc1OC. The van der Waals surface area contributed by atoms with Gasteiger partial charge in [-0.15, -0.1) is 0 Å². The largest absolute Gasteiger partial charge is 0.495 e. The number of allylic oxidation sites excluding steroid dienone is 1. The molecule has 1 aliphatic heterocycles. The van der Waals surface area contributed by atoms with E-state index in [-0.39, 0.29) is 22.4 Å². The third-order valence-corrected chi connectivity index (χ3v) is 7.14. The van der Waals surface area contributed by atoms with Crippen LogP contribution < -0.4 is 20.7 Å². The van der Waals surface area contributed by atoms with Crippen LogP contribution in [0.2, 0.25) is 0 Å². The summed E-state index contributed by atoms with van der Waals surface area (Å²) in [4.78, 5) is 12.5. The van der Waals surface area contributed by atoms with Crippen LogP contribution in [-0.4, -0.2) is 27.6 Å². The van der Waals surface area contributed by atoms with Gasteiger partial charge in [0.2, 0.25) is 0 Å². The van der Waals surface area contributed by atoms with E-state index < -0.39 is 15.9 Å². The molecule has 2 aromatic carbocycles. The average molecular weight is 456 g/mol. The number of urea groups is 1. The van der Waals surface area contributed by atoms with Gasteiger partial charge >= 0.3 is 6.03 Å². The van der Waals surface area contributed by atoms with Gasteiger partial charge in [0, 0.05) is 19.2 Å². The van der Waals surface area contributed by atoms with Crippen molar-refractivity contribution in [3.05, 3.63) is 77.4 Å². The van der Waals surface area contributed by atoms with Crippen LogP contribution >= 0.6 is 0 Å². The Labute approximate surface area is 189 Å². The van der Waals surface area contributed by atoms with Crippen molar-refractivity contribution in [2.45, 2.75) is 43.6 Å². The third kappa shape index (κ3) is 5.38. The molecule has 170 valence electrons. The Kier molecular flexibility index (Phi) is 7.37. The van der Waals surface area contributed by atoms with Crippen molar-refractivity contribution in [1.29, 1.82) is 0 Å². The molecule has 1 unspecified atom stereocenters. The zero-order chi connectivity index (χ0) is 23.3. The molecule has 0 aromatic heterocycles. The lowest BCUT2D eigenvalue weighted by Crippen LogP contribution is -2.37. The monoisotopic (exact) mass is 455 g/mol. The van der Waals surface area contributed by atoms with E-state index in [1.165, 1.54) is 30.9 Å². The molecule has 8 heteroatoms. The minimum atomic E-state index is -3.59. The van der Waals surface area contributed by atoms with Crippen LogP contribution in [0.15, 0.2) is 65.6 Å². The first-order valence-corrected chi connectivity index (χ1v) is 12.0. The maximum atomic E-state index is 13.0. The molecule has 0 saturated heterocycles. The van der Waals surface area contributed by atoms with E-state index in [4.69, 9.17) is 4.74 Å². The standard InChI is InChI=1S/C24H29N3O4S/c1-5-18(6-2)16(3)26-24(28)27-22-10-9-21(12-23(22)31-4)32(29,30)15-17-7-8-19-13-25-14-20(19)11-17/h5-12,16,25H,1,13-15H2,2-4H3,(H2,26,27,28)/b18-6+. The summed E-state index contributed by atoms with van der Waals surface area (Å²) in [6.45, 7) is 9.01. The summed E-state index contributed by atoms with van der Waals surface area (Å²) in [7, 11) is -2.16. The van der Waals surface area contributed by atoms with Crippen LogP contribution in [0, 0.1) is 0 Å². The lowest BCUT2D eigenvalue weighted by Gasteiger charge is -2.17. The maximum Gasteiger partial charge on any atom is 0.319 e. The summed E-state index contributed by atoms with van der Waals surface area (Å²) < 4.78 is 31.4. The zero-order valence-corrected chi connectivity index (χ0v) is 19.4. The molecule has 2 amide bonds. The summed E-state index contributed by atoms with van der Waals surface area (Å²) >= 11 is 0. The normalized spacial score (nSPS) is 14.4. The van der Waals surface area contributed by atoms with Gasteiger partial charge < -0.3 is 20.7 Å². The van der Waals surface area contributed by atoms with Crippen molar-refractivity contribution in [2.75, 3.05) is 12.4 Å². The van der Waals surface area contributed by atoms with Crippen LogP contribution in [0.4, 0.5) is 10.5 Å². The minimum Gasteiger partial charge on any atom is -0.495 e. The number of methoxy groups -OCH3 is 1. The highest BCUT2D eigenvalue weighted by molar-refractivity contribution is 7.90. The topological polar surface area (TPSA) is 96.5 Å². The van der Waals surface area contributed by atoms with Crippen molar-refractivity contribution in [3.8, 4) is 5.75 Å². The van der Waals surface area contributed by atoms with Gasteiger partial charge in [0.05, 0.1) is 29.5 Å². The Bertz CT molecular complexity index is 1160. The summed E-state index contributed by atoms with van der Waals surface area (Å²) in [6, 6.07) is 9.55. The van der Waals surface area contributed by atoms with Gasteiger partial charge in [-0.05, 0) is 48.2 Å². The van der Waals surface area contributed by atoms with Crippen LogP contribution in [-0.2, 0) is 28.7 Å². The predicted molar refractivity (Wildman–Crippen MR) is 126 cm³/mol. The number of rotatable bonds is 8. The number of amides is 2. The summed E-state index contributed by atoms with van der Waals surface area (Å²) in [5.41, 5.74) is 4.33. The van der Waals surface area contributed by atoms with Gasteiger partial charge in [0.1, 0.15) is 5.75 Å². The highest BCUT2D eigenvalue weighted by Gasteiger charge is 2.20. The van der Waals surface area contributed by atoms with Crippen LogP contribution in [0.25, 0.3) is 0 Å². The first-order valence-electron chi connectivity index (χ1n) is 10.4. The van der Waals surface area contributed by atoms with Crippen molar-refractivity contribution in [2.24, 2.45) is 0 Å². The van der Waals surface area contributed by atoms with Gasteiger partial charge in [-0.25, -0.2) is 13.2 Å². The first-order chi connectivity index (χ1) is 15.3. The number of carbonyl (C=O) groups excluding carboxylic acids is 1. The highest BCUT2D eigenvalue weighted by atomic mass is 32.2. The Balaban J connectivity index is 1.75. The number of benzene rings is 2. The van der Waals surface area contributed by atoms with E-state index in [9.17, 15) is 13.2 Å². The molecule has 1 heterocycles. The Hall–Kier alpha value is -3.10. The smallest absolute Gasteiger partial charge is 0.319 e. The number of carbonyl (C=O) groups is 1. The Morgan fingerprint density at radius 2 is 1.97 bits per heavy atom. The number of fused-ring (bicyclic) bond motifs is 1. The number of ether oxygens (including phenoxy) is 1. The molecule has 1 atom stereocenters. The molecule has 0 bridgehead atoms. The number of hydrogen-bond acceptors (Lipinski definition) is 5. The molecule has 0 fully saturated rings. The lowest BCUT2D eigenvalue weighted by molar-refractivity contribution is 0.250. The van der Waals surface area contributed by atoms with Gasteiger partial charge in [-0.1, -0.05) is 36.9 Å². The lowest BCUT2D eigenvalue weighted by atomic mass is 10.1. The summed E-state index contributed by atoms with van der Waals surface area (Å²) in [5, 5.41) is 8.78. The molecule has 0 saturated carbocycles. The van der Waals surface area contributed by atoms with Crippen LogP contribution in [0.5, 0.6) is 5.75 Å². The molecular weight excluding hydrogens is 426 g/mol. The fourth-order valence-electron chi connectivity index (χ4n) is 3.69. The third-order valence-electron chi connectivity index (χ3n) is 5.46. The second-order valence-electron chi connectivity index (χ2n) is 7.64. The van der Waals surface area contributed by atoms with Gasteiger partial charge in [-0.2, -0.15) is 0 Å². The average Bonchev–Trinajstić information content (AvgIpc) is 3.22. The molecule has 3 rings (SSSR count). The van der Waals surface area contributed by atoms with Crippen LogP contribution in [0.1, 0.15) is 30.5 Å². The Morgan fingerprint density at radius 1 is 1.22 bits per heavy atom. The van der Waals surface area contributed by atoms with Gasteiger partial charge in [-0.3, -0.25) is 0 Å². The number of anilines is 1. The zero-order valence-electron chi connectivity index (χ0n) is 18.6. The predicted octanol–water partition coefficient (Wildman–Crippen LogP) is 3.91. The minimum absolute atomic E-state index is 0.109. The van der Waals surface area contributed by atoms with Gasteiger partial charge in [0.25, 0.3) is 0 Å². The number of hydrogen-bond donors (Lipinski definition) is 3. The quantitative estimate of drug-likeness (QED) is 0.525. The molecule has 1 aliphatic rings. The second kappa shape index (κ2) is 10.0. The fourth-order valence-corrected chi connectivity index (χ4v) is 5.04. The molecule has 0 spiro atoms. The molecule has 0 aliphatic carbocycles. The van der Waals surface area contributed by atoms with E-state index >= 15 is 0 Å². The van der Waals surface area contributed by atoms with Crippen molar-refractivity contribution in [1.82, 2.24) is 10.6 Å². The van der Waals surface area contributed by atoms with E-state index in [2.05, 4.69) is 22.5 Å². The number of nitrogens with one attached hydrogen (secondary N) is 3. The van der Waals surface area contributed by atoms with E-state index in [0.717, 1.165) is 29.8 Å². The first kappa shape index (κ1) is 23.6. The molecule has 3 N–H and O–H groups in total. The van der Waals surface area contributed by atoms with Crippen molar-refractivity contribution in [3.63, 3.8) is 0 Å².